The van der Waals surface area contributed by atoms with Crippen LogP contribution >= 0.6 is 11.8 Å². The highest BCUT2D eigenvalue weighted by molar-refractivity contribution is 7.98. The Hall–Kier alpha value is -2.64. The molecule has 1 aliphatic heterocycles. The summed E-state index contributed by atoms with van der Waals surface area (Å²) < 4.78 is 5.38. The quantitative estimate of drug-likeness (QED) is 0.678. The summed E-state index contributed by atoms with van der Waals surface area (Å²) in [5.74, 6) is -0.0400. The fraction of sp³-hybridized carbons (Fsp3) is 0.286. The number of hydrogen-bond donors (Lipinski definition) is 1. The van der Waals surface area contributed by atoms with Crippen molar-refractivity contribution in [3.63, 3.8) is 0 Å². The number of thioether (sulfide) groups is 1. The maximum atomic E-state index is 13.2. The van der Waals surface area contributed by atoms with Crippen molar-refractivity contribution in [2.75, 3.05) is 37.9 Å². The lowest BCUT2D eigenvalue weighted by atomic mass is 10.1. The number of aryl methyl sites for hydroxylation is 1. The van der Waals surface area contributed by atoms with Gasteiger partial charge in [-0.25, -0.2) is 9.97 Å². The largest absolute Gasteiger partial charge is 0.378 e. The average molecular weight is 395 g/mol. The van der Waals surface area contributed by atoms with Crippen LogP contribution in [0.15, 0.2) is 47.5 Å². The number of fused-ring (bicyclic) bond motifs is 1. The lowest BCUT2D eigenvalue weighted by molar-refractivity contribution is 0.0303. The van der Waals surface area contributed by atoms with Gasteiger partial charge in [-0.05, 0) is 43.5 Å². The normalized spacial score (nSPS) is 14.3. The highest BCUT2D eigenvalue weighted by Crippen LogP contribution is 2.31. The number of carbonyl (C=O) groups is 1. The van der Waals surface area contributed by atoms with E-state index in [4.69, 9.17) is 4.74 Å². The Balaban J connectivity index is 1.80. The number of hydrogen-bond acceptors (Lipinski definition) is 6. The third-order valence-electron chi connectivity index (χ3n) is 4.74. The van der Waals surface area contributed by atoms with Crippen LogP contribution in [-0.2, 0) is 4.74 Å². The molecule has 1 saturated heterocycles. The molecule has 0 aliphatic carbocycles. The number of pyridine rings is 2. The first-order valence-electron chi connectivity index (χ1n) is 9.20. The Labute approximate surface area is 168 Å². The zero-order valence-electron chi connectivity index (χ0n) is 15.9. The lowest BCUT2D eigenvalue weighted by Gasteiger charge is -2.27. The minimum absolute atomic E-state index is 0.0400. The maximum Gasteiger partial charge on any atom is 0.257 e. The number of rotatable bonds is 4. The molecule has 1 N–H and O–H groups in total. The van der Waals surface area contributed by atoms with E-state index < -0.39 is 0 Å². The molecule has 6 nitrogen and oxygen atoms in total. The molecular formula is C21H22N4O2S. The monoisotopic (exact) mass is 394 g/mol. The van der Waals surface area contributed by atoms with Crippen molar-refractivity contribution in [3.8, 4) is 0 Å². The number of nitrogens with zero attached hydrogens (tertiary/aromatic N) is 3. The van der Waals surface area contributed by atoms with E-state index in [0.29, 0.717) is 37.5 Å². The molecule has 0 spiro atoms. The second-order valence-corrected chi connectivity index (χ2v) is 7.51. The van der Waals surface area contributed by atoms with Crippen molar-refractivity contribution in [2.45, 2.75) is 11.8 Å². The highest BCUT2D eigenvalue weighted by atomic mass is 32.2. The van der Waals surface area contributed by atoms with Crippen LogP contribution < -0.4 is 5.32 Å². The predicted octanol–water partition coefficient (Wildman–Crippen LogP) is 3.88. The molecule has 1 amide bonds. The van der Waals surface area contributed by atoms with E-state index >= 15 is 0 Å². The molecule has 1 fully saturated rings. The minimum atomic E-state index is -0.0400. The molecule has 7 heteroatoms. The van der Waals surface area contributed by atoms with E-state index in [-0.39, 0.29) is 5.91 Å². The SMILES string of the molecule is CSc1cccc(Nc2c(C(=O)N3CCOCC3)cnc3nc(C)ccc23)c1. The number of amides is 1. The van der Waals surface area contributed by atoms with Gasteiger partial charge in [0.25, 0.3) is 5.91 Å². The number of aromatic nitrogens is 2. The highest BCUT2D eigenvalue weighted by Gasteiger charge is 2.23. The summed E-state index contributed by atoms with van der Waals surface area (Å²) in [5.41, 5.74) is 3.74. The summed E-state index contributed by atoms with van der Waals surface area (Å²) in [6, 6.07) is 12.0. The maximum absolute atomic E-state index is 13.2. The van der Waals surface area contributed by atoms with Crippen molar-refractivity contribution in [1.82, 2.24) is 14.9 Å². The van der Waals surface area contributed by atoms with E-state index in [1.165, 1.54) is 0 Å². The fourth-order valence-corrected chi connectivity index (χ4v) is 3.71. The first kappa shape index (κ1) is 18.7. The molecule has 1 aromatic carbocycles. The Bertz CT molecular complexity index is 1020. The Kier molecular flexibility index (Phi) is 5.45. The van der Waals surface area contributed by atoms with Gasteiger partial charge in [0, 0.05) is 40.9 Å². The zero-order valence-corrected chi connectivity index (χ0v) is 16.8. The van der Waals surface area contributed by atoms with Crippen LogP contribution in [0.5, 0.6) is 0 Å². The molecule has 2 aromatic heterocycles. The van der Waals surface area contributed by atoms with Crippen molar-refractivity contribution >= 4 is 40.1 Å². The van der Waals surface area contributed by atoms with Crippen molar-refractivity contribution in [2.24, 2.45) is 0 Å². The number of benzene rings is 1. The van der Waals surface area contributed by atoms with Crippen LogP contribution in [0.2, 0.25) is 0 Å². The fourth-order valence-electron chi connectivity index (χ4n) is 3.25. The van der Waals surface area contributed by atoms with Gasteiger partial charge in [0.05, 0.1) is 24.5 Å². The molecule has 0 radical (unpaired) electrons. The van der Waals surface area contributed by atoms with Gasteiger partial charge in [-0.3, -0.25) is 4.79 Å². The minimum Gasteiger partial charge on any atom is -0.378 e. The van der Waals surface area contributed by atoms with Gasteiger partial charge < -0.3 is 15.0 Å². The van der Waals surface area contributed by atoms with Gasteiger partial charge in [-0.15, -0.1) is 11.8 Å². The Morgan fingerprint density at radius 3 is 2.82 bits per heavy atom. The Morgan fingerprint density at radius 1 is 1.21 bits per heavy atom. The number of anilines is 2. The summed E-state index contributed by atoms with van der Waals surface area (Å²) in [7, 11) is 0. The van der Waals surface area contributed by atoms with Crippen LogP contribution in [0, 0.1) is 6.92 Å². The first-order valence-corrected chi connectivity index (χ1v) is 10.4. The van der Waals surface area contributed by atoms with Crippen LogP contribution in [0.1, 0.15) is 16.1 Å². The molecule has 28 heavy (non-hydrogen) atoms. The van der Waals surface area contributed by atoms with E-state index in [2.05, 4.69) is 27.4 Å². The van der Waals surface area contributed by atoms with Gasteiger partial charge in [-0.1, -0.05) is 6.07 Å². The van der Waals surface area contributed by atoms with E-state index in [9.17, 15) is 4.79 Å². The van der Waals surface area contributed by atoms with Gasteiger partial charge in [0.15, 0.2) is 5.65 Å². The molecular weight excluding hydrogens is 372 g/mol. The molecule has 0 saturated carbocycles. The average Bonchev–Trinajstić information content (AvgIpc) is 2.74. The summed E-state index contributed by atoms with van der Waals surface area (Å²) >= 11 is 1.68. The third-order valence-corrected chi connectivity index (χ3v) is 5.46. The van der Waals surface area contributed by atoms with Crippen LogP contribution in [-0.4, -0.2) is 53.3 Å². The van der Waals surface area contributed by atoms with Gasteiger partial charge in [0.1, 0.15) is 0 Å². The molecule has 1 aliphatic rings. The predicted molar refractivity (Wildman–Crippen MR) is 113 cm³/mol. The van der Waals surface area contributed by atoms with Crippen LogP contribution in [0.3, 0.4) is 0 Å². The molecule has 4 rings (SSSR count). The molecule has 3 aromatic rings. The molecule has 3 heterocycles. The van der Waals surface area contributed by atoms with E-state index in [1.807, 2.05) is 42.3 Å². The summed E-state index contributed by atoms with van der Waals surface area (Å²) in [6.45, 7) is 4.23. The third kappa shape index (κ3) is 3.81. The van der Waals surface area contributed by atoms with Crippen molar-refractivity contribution in [1.29, 1.82) is 0 Å². The van der Waals surface area contributed by atoms with Crippen LogP contribution in [0.4, 0.5) is 11.4 Å². The number of morpholine rings is 1. The van der Waals surface area contributed by atoms with E-state index in [0.717, 1.165) is 27.4 Å². The topological polar surface area (TPSA) is 67.4 Å². The second kappa shape index (κ2) is 8.16. The van der Waals surface area contributed by atoms with Gasteiger partial charge >= 0.3 is 0 Å². The first-order chi connectivity index (χ1) is 13.7. The molecule has 0 atom stereocenters. The van der Waals surface area contributed by atoms with Crippen LogP contribution in [0.25, 0.3) is 11.0 Å². The number of nitrogens with one attached hydrogen (secondary N) is 1. The summed E-state index contributed by atoms with van der Waals surface area (Å²) in [6.07, 6.45) is 3.67. The number of ether oxygens (including phenoxy) is 1. The van der Waals surface area contributed by atoms with E-state index in [1.54, 1.807) is 18.0 Å². The van der Waals surface area contributed by atoms with Gasteiger partial charge in [0.2, 0.25) is 0 Å². The second-order valence-electron chi connectivity index (χ2n) is 6.63. The molecule has 144 valence electrons. The van der Waals surface area contributed by atoms with Crippen molar-refractivity contribution in [3.05, 3.63) is 53.9 Å². The summed E-state index contributed by atoms with van der Waals surface area (Å²) in [4.78, 5) is 25.2. The zero-order chi connectivity index (χ0) is 19.5. The Morgan fingerprint density at radius 2 is 2.04 bits per heavy atom. The smallest absolute Gasteiger partial charge is 0.257 e. The molecule has 0 unspecified atom stereocenters. The molecule has 0 bridgehead atoms. The lowest BCUT2D eigenvalue weighted by Crippen LogP contribution is -2.41. The van der Waals surface area contributed by atoms with Gasteiger partial charge in [-0.2, -0.15) is 0 Å². The number of carbonyl (C=O) groups excluding carboxylic acids is 1. The standard InChI is InChI=1S/C21H22N4O2S/c1-14-6-7-17-19(24-15-4-3-5-16(12-15)28-2)18(13-22-20(17)23-14)21(26)25-8-10-27-11-9-25/h3-7,12-13H,8-11H2,1-2H3,(H,22,23,24). The summed E-state index contributed by atoms with van der Waals surface area (Å²) in [5, 5.41) is 4.29. The van der Waals surface area contributed by atoms with Crippen molar-refractivity contribution < 1.29 is 9.53 Å².